The first-order valence-corrected chi connectivity index (χ1v) is 9.77. The van der Waals surface area contributed by atoms with Crippen molar-refractivity contribution in [1.29, 1.82) is 0 Å². The van der Waals surface area contributed by atoms with Crippen molar-refractivity contribution in [1.82, 2.24) is 19.2 Å². The van der Waals surface area contributed by atoms with Crippen LogP contribution in [0.1, 0.15) is 53.4 Å². The molecule has 1 aliphatic rings. The molecule has 0 fully saturated rings. The van der Waals surface area contributed by atoms with E-state index < -0.39 is 6.10 Å². The molecule has 0 aliphatic carbocycles. The largest absolute Gasteiger partial charge is 0.386 e. The molecule has 4 rings (SSSR count). The zero-order valence-corrected chi connectivity index (χ0v) is 16.3. The van der Waals surface area contributed by atoms with Crippen LogP contribution in [0.15, 0.2) is 54.7 Å². The summed E-state index contributed by atoms with van der Waals surface area (Å²) in [6.07, 6.45) is 1.83. The number of benzene rings is 1. The first-order valence-electron chi connectivity index (χ1n) is 9.77. The van der Waals surface area contributed by atoms with Crippen molar-refractivity contribution in [3.63, 3.8) is 0 Å². The van der Waals surface area contributed by atoms with E-state index in [0.29, 0.717) is 37.4 Å². The predicted octanol–water partition coefficient (Wildman–Crippen LogP) is 3.20. The first kappa shape index (κ1) is 18.5. The second-order valence-electron chi connectivity index (χ2n) is 7.61. The molecule has 1 aromatic carbocycles. The van der Waals surface area contributed by atoms with Gasteiger partial charge in [-0.15, -0.1) is 0 Å². The van der Waals surface area contributed by atoms with Crippen LogP contribution in [0.4, 0.5) is 0 Å². The van der Waals surface area contributed by atoms with E-state index in [1.807, 2.05) is 68.9 Å². The SMILES string of the molecule is CC(C)n1cccc1C(=O)N1CCn2nc([C@@H](O)Cc3ccccc3)cc2C1. The average Bonchev–Trinajstić information content (AvgIpc) is 3.34. The quantitative estimate of drug-likeness (QED) is 0.742. The van der Waals surface area contributed by atoms with Crippen LogP contribution >= 0.6 is 0 Å². The van der Waals surface area contributed by atoms with Crippen LogP contribution < -0.4 is 0 Å². The number of carbonyl (C=O) groups excluding carboxylic acids is 1. The maximum Gasteiger partial charge on any atom is 0.270 e. The Morgan fingerprint density at radius 3 is 2.68 bits per heavy atom. The van der Waals surface area contributed by atoms with Gasteiger partial charge in [0, 0.05) is 25.2 Å². The highest BCUT2D eigenvalue weighted by atomic mass is 16.3. The highest BCUT2D eigenvalue weighted by Gasteiger charge is 2.26. The van der Waals surface area contributed by atoms with Crippen molar-refractivity contribution in [3.05, 3.63) is 77.4 Å². The van der Waals surface area contributed by atoms with Crippen molar-refractivity contribution < 1.29 is 9.90 Å². The minimum Gasteiger partial charge on any atom is -0.386 e. The van der Waals surface area contributed by atoms with Gasteiger partial charge in [0.05, 0.1) is 24.5 Å². The maximum absolute atomic E-state index is 13.0. The first-order chi connectivity index (χ1) is 13.5. The van der Waals surface area contributed by atoms with Crippen LogP contribution in [0.25, 0.3) is 0 Å². The molecule has 3 heterocycles. The maximum atomic E-state index is 13.0. The van der Waals surface area contributed by atoms with Gasteiger partial charge in [0.25, 0.3) is 5.91 Å². The van der Waals surface area contributed by atoms with Gasteiger partial charge < -0.3 is 14.6 Å². The molecule has 0 radical (unpaired) electrons. The lowest BCUT2D eigenvalue weighted by Gasteiger charge is -2.28. The minimum atomic E-state index is -0.650. The van der Waals surface area contributed by atoms with Gasteiger partial charge in [-0.05, 0) is 37.6 Å². The molecule has 6 nitrogen and oxygen atoms in total. The van der Waals surface area contributed by atoms with E-state index in [2.05, 4.69) is 18.9 Å². The number of nitrogens with zero attached hydrogens (tertiary/aromatic N) is 4. The lowest BCUT2D eigenvalue weighted by Crippen LogP contribution is -2.39. The number of aromatic nitrogens is 3. The monoisotopic (exact) mass is 378 g/mol. The predicted molar refractivity (Wildman–Crippen MR) is 107 cm³/mol. The molecule has 1 atom stereocenters. The van der Waals surface area contributed by atoms with E-state index in [0.717, 1.165) is 11.3 Å². The topological polar surface area (TPSA) is 63.3 Å². The smallest absolute Gasteiger partial charge is 0.270 e. The van der Waals surface area contributed by atoms with E-state index in [-0.39, 0.29) is 11.9 Å². The van der Waals surface area contributed by atoms with Crippen molar-refractivity contribution in [3.8, 4) is 0 Å². The normalized spacial score (nSPS) is 14.9. The molecule has 6 heteroatoms. The fourth-order valence-corrected chi connectivity index (χ4v) is 3.75. The summed E-state index contributed by atoms with van der Waals surface area (Å²) in [5.74, 6) is 0.0394. The van der Waals surface area contributed by atoms with Gasteiger partial charge >= 0.3 is 0 Å². The van der Waals surface area contributed by atoms with Gasteiger partial charge in [0.1, 0.15) is 11.8 Å². The summed E-state index contributed by atoms with van der Waals surface area (Å²) in [5.41, 5.74) is 3.42. The number of carbonyl (C=O) groups is 1. The summed E-state index contributed by atoms with van der Waals surface area (Å²) in [7, 11) is 0. The zero-order valence-electron chi connectivity index (χ0n) is 16.3. The lowest BCUT2D eigenvalue weighted by molar-refractivity contribution is 0.0693. The molecule has 0 spiro atoms. The van der Waals surface area contributed by atoms with Crippen LogP contribution in [0.2, 0.25) is 0 Å². The Morgan fingerprint density at radius 1 is 1.14 bits per heavy atom. The Bertz CT molecular complexity index is 958. The third-order valence-electron chi connectivity index (χ3n) is 5.27. The molecule has 28 heavy (non-hydrogen) atoms. The average molecular weight is 378 g/mol. The summed E-state index contributed by atoms with van der Waals surface area (Å²) < 4.78 is 3.91. The van der Waals surface area contributed by atoms with Gasteiger partial charge in [-0.1, -0.05) is 30.3 Å². The van der Waals surface area contributed by atoms with Crippen LogP contribution in [0.5, 0.6) is 0 Å². The number of fused-ring (bicyclic) bond motifs is 1. The second-order valence-corrected chi connectivity index (χ2v) is 7.61. The van der Waals surface area contributed by atoms with E-state index in [1.54, 1.807) is 0 Å². The van der Waals surface area contributed by atoms with Gasteiger partial charge in [-0.2, -0.15) is 5.10 Å². The number of rotatable bonds is 5. The molecule has 1 N–H and O–H groups in total. The summed E-state index contributed by atoms with van der Waals surface area (Å²) in [4.78, 5) is 14.9. The standard InChI is InChI=1S/C22H26N4O2/c1-16(2)25-10-6-9-20(25)22(28)24-11-12-26-18(15-24)14-19(23-26)21(27)13-17-7-4-3-5-8-17/h3-10,14,16,21,27H,11-13,15H2,1-2H3/t21-/m0/s1. The Labute approximate surface area is 165 Å². The molecular formula is C22H26N4O2. The zero-order chi connectivity index (χ0) is 19.7. The molecule has 0 saturated carbocycles. The van der Waals surface area contributed by atoms with E-state index >= 15 is 0 Å². The van der Waals surface area contributed by atoms with Crippen LogP contribution in [-0.4, -0.2) is 36.8 Å². The van der Waals surface area contributed by atoms with Crippen molar-refractivity contribution in [2.45, 2.75) is 45.5 Å². The number of aliphatic hydroxyl groups excluding tert-OH is 1. The van der Waals surface area contributed by atoms with Crippen molar-refractivity contribution >= 4 is 5.91 Å². The second kappa shape index (κ2) is 7.64. The van der Waals surface area contributed by atoms with Crippen LogP contribution in [0.3, 0.4) is 0 Å². The Balaban J connectivity index is 1.48. The molecule has 1 aliphatic heterocycles. The van der Waals surface area contributed by atoms with Gasteiger partial charge in [-0.3, -0.25) is 9.48 Å². The van der Waals surface area contributed by atoms with Crippen molar-refractivity contribution in [2.24, 2.45) is 0 Å². The summed E-state index contributed by atoms with van der Waals surface area (Å²) in [6, 6.07) is 15.9. The number of aliphatic hydroxyl groups is 1. The summed E-state index contributed by atoms with van der Waals surface area (Å²) >= 11 is 0. The number of hydrogen-bond donors (Lipinski definition) is 1. The van der Waals surface area contributed by atoms with E-state index in [1.165, 1.54) is 0 Å². The Kier molecular flexibility index (Phi) is 5.05. The minimum absolute atomic E-state index is 0.0394. The number of amides is 1. The van der Waals surface area contributed by atoms with Gasteiger partial charge in [0.15, 0.2) is 0 Å². The van der Waals surface area contributed by atoms with Crippen LogP contribution in [-0.2, 0) is 19.5 Å². The molecule has 2 aromatic heterocycles. The molecule has 1 amide bonds. The molecule has 0 saturated heterocycles. The summed E-state index contributed by atoms with van der Waals surface area (Å²) in [6.45, 7) is 5.91. The highest BCUT2D eigenvalue weighted by Crippen LogP contribution is 2.23. The summed E-state index contributed by atoms with van der Waals surface area (Å²) in [5, 5.41) is 15.2. The molecule has 3 aromatic rings. The highest BCUT2D eigenvalue weighted by molar-refractivity contribution is 5.92. The molecule has 146 valence electrons. The van der Waals surface area contributed by atoms with E-state index in [9.17, 15) is 9.90 Å². The third-order valence-corrected chi connectivity index (χ3v) is 5.27. The fraction of sp³-hybridized carbons (Fsp3) is 0.364. The third kappa shape index (κ3) is 3.60. The van der Waals surface area contributed by atoms with Gasteiger partial charge in [0.2, 0.25) is 0 Å². The van der Waals surface area contributed by atoms with Crippen molar-refractivity contribution in [2.75, 3.05) is 6.54 Å². The molecular weight excluding hydrogens is 352 g/mol. The Hall–Kier alpha value is -2.86. The van der Waals surface area contributed by atoms with Gasteiger partial charge in [-0.25, -0.2) is 0 Å². The fourth-order valence-electron chi connectivity index (χ4n) is 3.75. The number of hydrogen-bond acceptors (Lipinski definition) is 3. The molecule has 0 unspecified atom stereocenters. The van der Waals surface area contributed by atoms with Crippen LogP contribution in [0, 0.1) is 0 Å². The lowest BCUT2D eigenvalue weighted by atomic mass is 10.1. The Morgan fingerprint density at radius 2 is 1.93 bits per heavy atom. The molecule has 0 bridgehead atoms. The van der Waals surface area contributed by atoms with E-state index in [4.69, 9.17) is 0 Å².